The van der Waals surface area contributed by atoms with Crippen molar-refractivity contribution >= 4 is 18.1 Å². The number of ether oxygens (including phenoxy) is 2. The highest BCUT2D eigenvalue weighted by Crippen LogP contribution is 2.16. The van der Waals surface area contributed by atoms with Crippen LogP contribution in [0.2, 0.25) is 0 Å². The van der Waals surface area contributed by atoms with E-state index in [0.29, 0.717) is 23.5 Å². The number of esters is 1. The maximum Gasteiger partial charge on any atom is 0.343 e. The highest BCUT2D eigenvalue weighted by atomic mass is 16.5. The van der Waals surface area contributed by atoms with Gasteiger partial charge in [-0.2, -0.15) is 5.10 Å². The van der Waals surface area contributed by atoms with Gasteiger partial charge in [0.2, 0.25) is 0 Å². The van der Waals surface area contributed by atoms with E-state index < -0.39 is 5.97 Å². The van der Waals surface area contributed by atoms with Crippen LogP contribution in [0.4, 0.5) is 0 Å². The van der Waals surface area contributed by atoms with Crippen LogP contribution >= 0.6 is 0 Å². The highest BCUT2D eigenvalue weighted by Gasteiger charge is 2.09. The van der Waals surface area contributed by atoms with Crippen LogP contribution in [0.1, 0.15) is 45.2 Å². The van der Waals surface area contributed by atoms with Crippen molar-refractivity contribution in [3.05, 3.63) is 95.1 Å². The molecule has 0 radical (unpaired) electrons. The zero-order valence-electron chi connectivity index (χ0n) is 17.5. The number of nitrogens with zero attached hydrogens (tertiary/aromatic N) is 1. The van der Waals surface area contributed by atoms with Crippen LogP contribution in [-0.4, -0.2) is 24.7 Å². The number of benzene rings is 3. The van der Waals surface area contributed by atoms with Crippen molar-refractivity contribution in [1.82, 2.24) is 5.43 Å². The fourth-order valence-electron chi connectivity index (χ4n) is 2.71. The number of hydrogen-bond acceptors (Lipinski definition) is 5. The Hall–Kier alpha value is -3.93. The Kier molecular flexibility index (Phi) is 7.54. The monoisotopic (exact) mass is 416 g/mol. The molecule has 3 rings (SSSR count). The maximum absolute atomic E-state index is 12.3. The van der Waals surface area contributed by atoms with E-state index in [-0.39, 0.29) is 5.91 Å². The van der Waals surface area contributed by atoms with Crippen molar-refractivity contribution in [3.8, 4) is 11.5 Å². The minimum absolute atomic E-state index is 0.281. The number of aryl methyl sites for hydroxylation is 1. The lowest BCUT2D eigenvalue weighted by Gasteiger charge is -2.07. The molecule has 0 fully saturated rings. The molecule has 0 heterocycles. The summed E-state index contributed by atoms with van der Waals surface area (Å²) in [7, 11) is 0. The van der Waals surface area contributed by atoms with Gasteiger partial charge in [-0.1, -0.05) is 24.6 Å². The van der Waals surface area contributed by atoms with Gasteiger partial charge < -0.3 is 9.47 Å². The predicted octanol–water partition coefficient (Wildman–Crippen LogP) is 4.77. The van der Waals surface area contributed by atoms with Crippen molar-refractivity contribution in [3.63, 3.8) is 0 Å². The van der Waals surface area contributed by atoms with Gasteiger partial charge in [0.15, 0.2) is 0 Å². The molecule has 3 aromatic carbocycles. The number of hydrogen-bond donors (Lipinski definition) is 1. The lowest BCUT2D eigenvalue weighted by molar-refractivity contribution is 0.0734. The molecule has 6 nitrogen and oxygen atoms in total. The van der Waals surface area contributed by atoms with Gasteiger partial charge in [-0.05, 0) is 79.6 Å². The largest absolute Gasteiger partial charge is 0.494 e. The topological polar surface area (TPSA) is 77.0 Å². The molecule has 3 aromatic rings. The van der Waals surface area contributed by atoms with Gasteiger partial charge in [0.25, 0.3) is 5.91 Å². The molecular weight excluding hydrogens is 392 g/mol. The summed E-state index contributed by atoms with van der Waals surface area (Å²) in [4.78, 5) is 24.4. The van der Waals surface area contributed by atoms with E-state index in [1.807, 2.05) is 26.0 Å². The van der Waals surface area contributed by atoms with E-state index in [9.17, 15) is 9.59 Å². The first-order valence-electron chi connectivity index (χ1n) is 10.0. The van der Waals surface area contributed by atoms with E-state index in [4.69, 9.17) is 9.47 Å². The number of carbonyl (C=O) groups is 2. The first-order valence-corrected chi connectivity index (χ1v) is 10.0. The van der Waals surface area contributed by atoms with Gasteiger partial charge in [-0.3, -0.25) is 4.79 Å². The summed E-state index contributed by atoms with van der Waals surface area (Å²) < 4.78 is 10.9. The molecule has 31 heavy (non-hydrogen) atoms. The van der Waals surface area contributed by atoms with Crippen molar-refractivity contribution in [2.45, 2.75) is 20.3 Å². The Morgan fingerprint density at radius 1 is 0.935 bits per heavy atom. The third-order valence-corrected chi connectivity index (χ3v) is 4.31. The van der Waals surface area contributed by atoms with Crippen molar-refractivity contribution in [1.29, 1.82) is 0 Å². The summed E-state index contributed by atoms with van der Waals surface area (Å²) in [6, 6.07) is 20.9. The SMILES string of the molecule is CCCOc1ccc(C(=O)Oc2ccc(/C=N/NC(=O)c3cccc(C)c3)cc2)cc1. The van der Waals surface area contributed by atoms with E-state index in [1.165, 1.54) is 6.21 Å². The normalized spacial score (nSPS) is 10.6. The Morgan fingerprint density at radius 3 is 2.32 bits per heavy atom. The Bertz CT molecular complexity index is 1060. The third kappa shape index (κ3) is 6.54. The summed E-state index contributed by atoms with van der Waals surface area (Å²) >= 11 is 0. The number of hydrazone groups is 1. The molecule has 0 aliphatic carbocycles. The van der Waals surface area contributed by atoms with Crippen LogP contribution in [0.25, 0.3) is 0 Å². The molecule has 0 bridgehead atoms. The Labute approximate surface area is 181 Å². The number of carbonyl (C=O) groups excluding carboxylic acids is 2. The van der Waals surface area contributed by atoms with E-state index >= 15 is 0 Å². The molecule has 0 saturated carbocycles. The number of amides is 1. The van der Waals surface area contributed by atoms with E-state index in [1.54, 1.807) is 60.7 Å². The Morgan fingerprint density at radius 2 is 1.65 bits per heavy atom. The molecule has 0 atom stereocenters. The average Bonchev–Trinajstić information content (AvgIpc) is 2.79. The van der Waals surface area contributed by atoms with Crippen LogP contribution < -0.4 is 14.9 Å². The third-order valence-electron chi connectivity index (χ3n) is 4.31. The van der Waals surface area contributed by atoms with Crippen LogP contribution in [0.3, 0.4) is 0 Å². The summed E-state index contributed by atoms with van der Waals surface area (Å²) in [5.41, 5.74) is 5.23. The smallest absolute Gasteiger partial charge is 0.343 e. The fraction of sp³-hybridized carbons (Fsp3) is 0.160. The lowest BCUT2D eigenvalue weighted by Crippen LogP contribution is -2.17. The first-order chi connectivity index (χ1) is 15.0. The molecule has 0 unspecified atom stereocenters. The van der Waals surface area contributed by atoms with Gasteiger partial charge in [-0.25, -0.2) is 10.2 Å². The van der Waals surface area contributed by atoms with Gasteiger partial charge in [0.05, 0.1) is 18.4 Å². The van der Waals surface area contributed by atoms with Gasteiger partial charge in [0.1, 0.15) is 11.5 Å². The standard InChI is InChI=1S/C25H24N2O4/c1-3-15-30-22-13-9-20(10-14-22)25(29)31-23-11-7-19(8-12-23)17-26-27-24(28)21-6-4-5-18(2)16-21/h4-14,16-17H,3,15H2,1-2H3,(H,27,28)/b26-17+. The number of nitrogens with one attached hydrogen (secondary N) is 1. The summed E-state index contributed by atoms with van der Waals surface area (Å²) in [6.45, 7) is 4.59. The van der Waals surface area contributed by atoms with Crippen molar-refractivity contribution in [2.24, 2.45) is 5.10 Å². The summed E-state index contributed by atoms with van der Waals surface area (Å²) in [5.74, 6) is 0.402. The lowest BCUT2D eigenvalue weighted by atomic mass is 10.1. The van der Waals surface area contributed by atoms with E-state index in [0.717, 1.165) is 23.3 Å². The average molecular weight is 416 g/mol. The zero-order valence-corrected chi connectivity index (χ0v) is 17.5. The molecule has 0 spiro atoms. The molecular formula is C25H24N2O4. The van der Waals surface area contributed by atoms with Gasteiger partial charge in [0, 0.05) is 5.56 Å². The second-order valence-corrected chi connectivity index (χ2v) is 6.90. The van der Waals surface area contributed by atoms with Crippen LogP contribution in [0.5, 0.6) is 11.5 Å². The Balaban J connectivity index is 1.53. The molecule has 1 amide bonds. The van der Waals surface area contributed by atoms with Gasteiger partial charge >= 0.3 is 5.97 Å². The summed E-state index contributed by atoms with van der Waals surface area (Å²) in [5, 5.41) is 3.97. The molecule has 158 valence electrons. The highest BCUT2D eigenvalue weighted by molar-refractivity contribution is 5.95. The van der Waals surface area contributed by atoms with Crippen molar-refractivity contribution in [2.75, 3.05) is 6.61 Å². The molecule has 0 aromatic heterocycles. The molecule has 0 saturated heterocycles. The second kappa shape index (κ2) is 10.7. The van der Waals surface area contributed by atoms with E-state index in [2.05, 4.69) is 10.5 Å². The maximum atomic E-state index is 12.3. The molecule has 6 heteroatoms. The quantitative estimate of drug-likeness (QED) is 0.248. The van der Waals surface area contributed by atoms with Crippen LogP contribution in [0, 0.1) is 6.92 Å². The molecule has 0 aliphatic heterocycles. The molecule has 1 N–H and O–H groups in total. The second-order valence-electron chi connectivity index (χ2n) is 6.90. The minimum atomic E-state index is -0.450. The first kappa shape index (κ1) is 21.8. The van der Waals surface area contributed by atoms with Crippen LogP contribution in [0.15, 0.2) is 77.9 Å². The fourth-order valence-corrected chi connectivity index (χ4v) is 2.71. The molecule has 0 aliphatic rings. The van der Waals surface area contributed by atoms with Crippen LogP contribution in [-0.2, 0) is 0 Å². The summed E-state index contributed by atoms with van der Waals surface area (Å²) in [6.07, 6.45) is 2.44. The van der Waals surface area contributed by atoms with Gasteiger partial charge in [-0.15, -0.1) is 0 Å². The zero-order chi connectivity index (χ0) is 22.1. The number of rotatable bonds is 8. The van der Waals surface area contributed by atoms with Crippen molar-refractivity contribution < 1.29 is 19.1 Å². The minimum Gasteiger partial charge on any atom is -0.494 e. The predicted molar refractivity (Wildman–Crippen MR) is 120 cm³/mol.